The van der Waals surface area contributed by atoms with E-state index in [1.165, 1.54) is 10.4 Å². The molecule has 1 atom stereocenters. The van der Waals surface area contributed by atoms with Crippen molar-refractivity contribution < 1.29 is 0 Å². The van der Waals surface area contributed by atoms with Gasteiger partial charge in [-0.15, -0.1) is 11.3 Å². The van der Waals surface area contributed by atoms with Gasteiger partial charge in [-0.1, -0.05) is 0 Å². The molecule has 2 heterocycles. The maximum Gasteiger partial charge on any atom is 0.0820 e. The number of nitrogens with zero attached hydrogens (tertiary/aromatic N) is 1. The SMILES string of the molecule is Cc1ccncc1C(NN)c1ccc(Br)s1. The van der Waals surface area contributed by atoms with E-state index in [4.69, 9.17) is 5.84 Å². The van der Waals surface area contributed by atoms with Gasteiger partial charge in [0, 0.05) is 17.3 Å². The Morgan fingerprint density at radius 3 is 2.81 bits per heavy atom. The van der Waals surface area contributed by atoms with Crippen molar-refractivity contribution >= 4 is 27.3 Å². The van der Waals surface area contributed by atoms with Crippen molar-refractivity contribution in [3.05, 3.63) is 50.4 Å². The molecule has 0 fully saturated rings. The number of hydrazine groups is 1. The van der Waals surface area contributed by atoms with E-state index in [-0.39, 0.29) is 6.04 Å². The zero-order valence-electron chi connectivity index (χ0n) is 8.77. The first-order chi connectivity index (χ1) is 7.72. The summed E-state index contributed by atoms with van der Waals surface area (Å²) in [5.74, 6) is 5.63. The van der Waals surface area contributed by atoms with Crippen LogP contribution in [0, 0.1) is 6.92 Å². The molecule has 0 amide bonds. The van der Waals surface area contributed by atoms with Crippen LogP contribution in [0.25, 0.3) is 0 Å². The highest BCUT2D eigenvalue weighted by atomic mass is 79.9. The van der Waals surface area contributed by atoms with E-state index in [1.54, 1.807) is 17.5 Å². The Hall–Kier alpha value is -0.750. The molecule has 1 unspecified atom stereocenters. The van der Waals surface area contributed by atoms with Crippen LogP contribution in [-0.4, -0.2) is 4.98 Å². The van der Waals surface area contributed by atoms with E-state index in [0.717, 1.165) is 9.35 Å². The molecule has 16 heavy (non-hydrogen) atoms. The van der Waals surface area contributed by atoms with Crippen LogP contribution >= 0.6 is 27.3 Å². The van der Waals surface area contributed by atoms with Gasteiger partial charge in [0.1, 0.15) is 0 Å². The maximum atomic E-state index is 5.63. The Balaban J connectivity index is 2.40. The Labute approximate surface area is 107 Å². The zero-order chi connectivity index (χ0) is 11.5. The molecule has 84 valence electrons. The summed E-state index contributed by atoms with van der Waals surface area (Å²) >= 11 is 5.13. The molecule has 2 aromatic heterocycles. The van der Waals surface area contributed by atoms with Crippen LogP contribution in [0.5, 0.6) is 0 Å². The number of pyridine rings is 1. The molecule has 2 aromatic rings. The molecular formula is C11H12BrN3S. The minimum absolute atomic E-state index is 0.00463. The average molecular weight is 298 g/mol. The van der Waals surface area contributed by atoms with Crippen LogP contribution in [-0.2, 0) is 0 Å². The lowest BCUT2D eigenvalue weighted by atomic mass is 10.0. The highest BCUT2D eigenvalue weighted by molar-refractivity contribution is 9.11. The number of nitrogens with two attached hydrogens (primary N) is 1. The van der Waals surface area contributed by atoms with Crippen LogP contribution in [0.15, 0.2) is 34.4 Å². The van der Waals surface area contributed by atoms with Crippen molar-refractivity contribution in [1.82, 2.24) is 10.4 Å². The van der Waals surface area contributed by atoms with Gasteiger partial charge in [-0.05, 0) is 52.2 Å². The van der Waals surface area contributed by atoms with Gasteiger partial charge in [-0.2, -0.15) is 0 Å². The van der Waals surface area contributed by atoms with E-state index >= 15 is 0 Å². The number of thiophene rings is 1. The predicted molar refractivity (Wildman–Crippen MR) is 70.2 cm³/mol. The molecule has 0 saturated heterocycles. The first-order valence-corrected chi connectivity index (χ1v) is 6.45. The average Bonchev–Trinajstić information content (AvgIpc) is 2.69. The summed E-state index contributed by atoms with van der Waals surface area (Å²) < 4.78 is 1.10. The molecule has 2 rings (SSSR count). The molecule has 5 heteroatoms. The van der Waals surface area contributed by atoms with E-state index in [2.05, 4.69) is 39.3 Å². The summed E-state index contributed by atoms with van der Waals surface area (Å²) in [6, 6.07) is 6.08. The van der Waals surface area contributed by atoms with Crippen molar-refractivity contribution in [2.75, 3.05) is 0 Å². The Kier molecular flexibility index (Phi) is 3.70. The van der Waals surface area contributed by atoms with Crippen molar-refractivity contribution in [3.63, 3.8) is 0 Å². The fraction of sp³-hybridized carbons (Fsp3) is 0.182. The quantitative estimate of drug-likeness (QED) is 0.677. The van der Waals surface area contributed by atoms with Crippen molar-refractivity contribution in [3.8, 4) is 0 Å². The van der Waals surface area contributed by atoms with E-state index < -0.39 is 0 Å². The summed E-state index contributed by atoms with van der Waals surface area (Å²) in [4.78, 5) is 5.32. The van der Waals surface area contributed by atoms with Crippen molar-refractivity contribution in [2.24, 2.45) is 5.84 Å². The second kappa shape index (κ2) is 5.05. The van der Waals surface area contributed by atoms with Crippen molar-refractivity contribution in [2.45, 2.75) is 13.0 Å². The minimum Gasteiger partial charge on any atom is -0.271 e. The van der Waals surface area contributed by atoms with Gasteiger partial charge in [-0.3, -0.25) is 10.8 Å². The number of aromatic nitrogens is 1. The number of rotatable bonds is 3. The monoisotopic (exact) mass is 297 g/mol. The van der Waals surface area contributed by atoms with Crippen molar-refractivity contribution in [1.29, 1.82) is 0 Å². The molecule has 0 aromatic carbocycles. The van der Waals surface area contributed by atoms with Gasteiger partial charge in [0.2, 0.25) is 0 Å². The Bertz CT molecular complexity index is 484. The predicted octanol–water partition coefficient (Wildman–Crippen LogP) is 2.77. The first-order valence-electron chi connectivity index (χ1n) is 4.84. The number of nitrogens with one attached hydrogen (secondary N) is 1. The highest BCUT2D eigenvalue weighted by Gasteiger charge is 2.16. The number of hydrogen-bond acceptors (Lipinski definition) is 4. The molecule has 3 N–H and O–H groups in total. The smallest absolute Gasteiger partial charge is 0.0820 e. The van der Waals surface area contributed by atoms with Gasteiger partial charge in [0.25, 0.3) is 0 Å². The van der Waals surface area contributed by atoms with Crippen LogP contribution in [0.2, 0.25) is 0 Å². The number of hydrogen-bond donors (Lipinski definition) is 2. The highest BCUT2D eigenvalue weighted by Crippen LogP contribution is 2.31. The van der Waals surface area contributed by atoms with E-state index in [0.29, 0.717) is 0 Å². The third kappa shape index (κ3) is 2.32. The van der Waals surface area contributed by atoms with Gasteiger partial charge in [-0.25, -0.2) is 5.43 Å². The number of halogens is 1. The molecule has 3 nitrogen and oxygen atoms in total. The minimum atomic E-state index is 0.00463. The fourth-order valence-electron chi connectivity index (χ4n) is 1.59. The molecule has 0 saturated carbocycles. The molecule has 0 aliphatic carbocycles. The van der Waals surface area contributed by atoms with Crippen LogP contribution in [0.3, 0.4) is 0 Å². The summed E-state index contributed by atoms with van der Waals surface area (Å²) in [6.45, 7) is 2.06. The second-order valence-electron chi connectivity index (χ2n) is 3.47. The molecule has 0 aliphatic heterocycles. The summed E-state index contributed by atoms with van der Waals surface area (Å²) in [6.07, 6.45) is 3.64. The number of aryl methyl sites for hydroxylation is 1. The van der Waals surface area contributed by atoms with Gasteiger partial charge < -0.3 is 0 Å². The first kappa shape index (κ1) is 11.7. The molecule has 0 aliphatic rings. The Morgan fingerprint density at radius 1 is 1.44 bits per heavy atom. The largest absolute Gasteiger partial charge is 0.271 e. The van der Waals surface area contributed by atoms with E-state index in [9.17, 15) is 0 Å². The maximum absolute atomic E-state index is 5.63. The summed E-state index contributed by atoms with van der Waals surface area (Å²) in [5.41, 5.74) is 5.13. The third-order valence-electron chi connectivity index (χ3n) is 2.44. The van der Waals surface area contributed by atoms with Gasteiger partial charge in [0.15, 0.2) is 0 Å². The Morgan fingerprint density at radius 2 is 2.25 bits per heavy atom. The molecule has 0 radical (unpaired) electrons. The second-order valence-corrected chi connectivity index (χ2v) is 5.97. The van der Waals surface area contributed by atoms with Crippen LogP contribution < -0.4 is 11.3 Å². The topological polar surface area (TPSA) is 50.9 Å². The van der Waals surface area contributed by atoms with Crippen LogP contribution in [0.4, 0.5) is 0 Å². The van der Waals surface area contributed by atoms with Gasteiger partial charge >= 0.3 is 0 Å². The molecule has 0 bridgehead atoms. The fourth-order valence-corrected chi connectivity index (χ4v) is 3.09. The summed E-state index contributed by atoms with van der Waals surface area (Å²) in [5, 5.41) is 0. The lowest BCUT2D eigenvalue weighted by Gasteiger charge is -2.16. The normalized spacial score (nSPS) is 12.7. The lowest BCUT2D eigenvalue weighted by Crippen LogP contribution is -2.28. The molecule has 0 spiro atoms. The van der Waals surface area contributed by atoms with Gasteiger partial charge in [0.05, 0.1) is 9.83 Å². The lowest BCUT2D eigenvalue weighted by molar-refractivity contribution is 0.641. The standard InChI is InChI=1S/C11H12BrN3S/c1-7-4-5-14-6-8(7)11(15-13)9-2-3-10(12)16-9/h2-6,11,15H,13H2,1H3. The zero-order valence-corrected chi connectivity index (χ0v) is 11.2. The third-order valence-corrected chi connectivity index (χ3v) is 4.12. The molecular weight excluding hydrogens is 286 g/mol. The van der Waals surface area contributed by atoms with E-state index in [1.807, 2.05) is 18.3 Å². The van der Waals surface area contributed by atoms with Crippen LogP contribution in [0.1, 0.15) is 22.0 Å². The summed E-state index contributed by atoms with van der Waals surface area (Å²) in [7, 11) is 0.